The first-order valence-corrected chi connectivity index (χ1v) is 5.17. The molecule has 2 rings (SSSR count). The lowest BCUT2D eigenvalue weighted by atomic mass is 10.0. The van der Waals surface area contributed by atoms with Gasteiger partial charge in [-0.15, -0.1) is 0 Å². The molecule has 1 heterocycles. The Bertz CT molecular complexity index is 561. The number of aliphatic hydroxyl groups excluding tert-OH is 1. The highest BCUT2D eigenvalue weighted by molar-refractivity contribution is 5.64. The summed E-state index contributed by atoms with van der Waals surface area (Å²) < 4.78 is 43.7. The van der Waals surface area contributed by atoms with Crippen molar-refractivity contribution >= 4 is 0 Å². The summed E-state index contributed by atoms with van der Waals surface area (Å²) in [6.07, 6.45) is -4.46. The van der Waals surface area contributed by atoms with E-state index in [1.807, 2.05) is 0 Å². The summed E-state index contributed by atoms with van der Waals surface area (Å²) in [6, 6.07) is 5.10. The molecule has 2 aromatic rings. The van der Waals surface area contributed by atoms with Gasteiger partial charge in [-0.05, 0) is 13.0 Å². The number of oxazole rings is 1. The number of nitrogens with zero attached hydrogens (tertiary/aromatic N) is 1. The van der Waals surface area contributed by atoms with Crippen LogP contribution in [0, 0.1) is 6.92 Å². The highest BCUT2D eigenvalue weighted by Gasteiger charge is 2.34. The monoisotopic (exact) mass is 257 g/mol. The number of halogens is 3. The summed E-state index contributed by atoms with van der Waals surface area (Å²) in [5, 5.41) is 8.87. The first kappa shape index (κ1) is 12.6. The molecular formula is C12H10F3NO2. The fourth-order valence-electron chi connectivity index (χ4n) is 1.70. The molecule has 1 N–H and O–H groups in total. The van der Waals surface area contributed by atoms with E-state index >= 15 is 0 Å². The molecule has 0 spiro atoms. The van der Waals surface area contributed by atoms with Crippen molar-refractivity contribution in [3.63, 3.8) is 0 Å². The van der Waals surface area contributed by atoms with Gasteiger partial charge in [0.25, 0.3) is 0 Å². The first-order chi connectivity index (χ1) is 8.43. The Morgan fingerprint density at radius 1 is 1.28 bits per heavy atom. The van der Waals surface area contributed by atoms with E-state index in [1.165, 1.54) is 25.1 Å². The Kier molecular flexibility index (Phi) is 3.13. The minimum absolute atomic E-state index is 0.000484. The van der Waals surface area contributed by atoms with E-state index in [1.54, 1.807) is 0 Å². The van der Waals surface area contributed by atoms with Crippen molar-refractivity contribution in [3.05, 3.63) is 41.4 Å². The van der Waals surface area contributed by atoms with Gasteiger partial charge in [-0.25, -0.2) is 4.98 Å². The van der Waals surface area contributed by atoms with Crippen LogP contribution in [0.15, 0.2) is 28.7 Å². The summed E-state index contributed by atoms with van der Waals surface area (Å²) in [4.78, 5) is 3.84. The van der Waals surface area contributed by atoms with Gasteiger partial charge >= 0.3 is 6.18 Å². The zero-order valence-corrected chi connectivity index (χ0v) is 9.45. The molecule has 0 fully saturated rings. The third-order valence-corrected chi connectivity index (χ3v) is 2.45. The number of hydrogen-bond donors (Lipinski definition) is 1. The summed E-state index contributed by atoms with van der Waals surface area (Å²) >= 11 is 0. The second kappa shape index (κ2) is 4.45. The summed E-state index contributed by atoms with van der Waals surface area (Å²) in [7, 11) is 0. The van der Waals surface area contributed by atoms with Gasteiger partial charge in [-0.2, -0.15) is 13.2 Å². The van der Waals surface area contributed by atoms with Crippen LogP contribution >= 0.6 is 0 Å². The molecule has 6 heteroatoms. The van der Waals surface area contributed by atoms with Crippen molar-refractivity contribution < 1.29 is 22.7 Å². The maximum atomic E-state index is 12.8. The predicted molar refractivity (Wildman–Crippen MR) is 57.6 cm³/mol. The van der Waals surface area contributed by atoms with E-state index in [9.17, 15) is 13.2 Å². The molecule has 0 saturated carbocycles. The number of alkyl halides is 3. The SMILES string of the molecule is Cc1nc(CO)oc1-c1ccccc1C(F)(F)F. The van der Waals surface area contributed by atoms with Crippen LogP contribution in [0.5, 0.6) is 0 Å². The fourth-order valence-corrected chi connectivity index (χ4v) is 1.70. The van der Waals surface area contributed by atoms with Crippen LogP contribution in [0.25, 0.3) is 11.3 Å². The van der Waals surface area contributed by atoms with Crippen LogP contribution in [0.3, 0.4) is 0 Å². The molecular weight excluding hydrogens is 247 g/mol. The van der Waals surface area contributed by atoms with Crippen molar-refractivity contribution in [2.75, 3.05) is 0 Å². The summed E-state index contributed by atoms with van der Waals surface area (Å²) in [5.74, 6) is 0.0338. The number of benzene rings is 1. The number of aryl methyl sites for hydroxylation is 1. The van der Waals surface area contributed by atoms with Gasteiger partial charge in [-0.3, -0.25) is 0 Å². The van der Waals surface area contributed by atoms with Crippen molar-refractivity contribution in [2.24, 2.45) is 0 Å². The van der Waals surface area contributed by atoms with Crippen LogP contribution in [0.4, 0.5) is 13.2 Å². The minimum atomic E-state index is -4.46. The lowest BCUT2D eigenvalue weighted by Gasteiger charge is -2.10. The molecule has 1 aromatic carbocycles. The molecule has 96 valence electrons. The van der Waals surface area contributed by atoms with Gasteiger partial charge in [0.1, 0.15) is 6.61 Å². The van der Waals surface area contributed by atoms with Gasteiger partial charge < -0.3 is 9.52 Å². The van der Waals surface area contributed by atoms with Gasteiger partial charge in [-0.1, -0.05) is 18.2 Å². The topological polar surface area (TPSA) is 46.3 Å². The molecule has 18 heavy (non-hydrogen) atoms. The van der Waals surface area contributed by atoms with E-state index in [0.29, 0.717) is 5.69 Å². The maximum absolute atomic E-state index is 12.8. The predicted octanol–water partition coefficient (Wildman–Crippen LogP) is 3.16. The molecule has 0 aliphatic heterocycles. The van der Waals surface area contributed by atoms with Crippen molar-refractivity contribution in [3.8, 4) is 11.3 Å². The zero-order chi connectivity index (χ0) is 13.3. The van der Waals surface area contributed by atoms with Crippen molar-refractivity contribution in [1.29, 1.82) is 0 Å². The fraction of sp³-hybridized carbons (Fsp3) is 0.250. The number of hydrogen-bond acceptors (Lipinski definition) is 3. The van der Waals surface area contributed by atoms with E-state index in [0.717, 1.165) is 6.07 Å². The van der Waals surface area contributed by atoms with Gasteiger partial charge in [0.2, 0.25) is 5.89 Å². The second-order valence-electron chi connectivity index (χ2n) is 3.72. The Balaban J connectivity index is 2.60. The van der Waals surface area contributed by atoms with Crippen LogP contribution in [0.1, 0.15) is 17.1 Å². The second-order valence-corrected chi connectivity index (χ2v) is 3.72. The quantitative estimate of drug-likeness (QED) is 0.898. The van der Waals surface area contributed by atoms with Crippen LogP contribution in [-0.4, -0.2) is 10.1 Å². The summed E-state index contributed by atoms with van der Waals surface area (Å²) in [5.41, 5.74) is -0.542. The van der Waals surface area contributed by atoms with Crippen LogP contribution < -0.4 is 0 Å². The lowest BCUT2D eigenvalue weighted by Crippen LogP contribution is -2.06. The average Bonchev–Trinajstić information content (AvgIpc) is 2.69. The smallest absolute Gasteiger partial charge is 0.417 e. The van der Waals surface area contributed by atoms with E-state index in [-0.39, 0.29) is 17.2 Å². The van der Waals surface area contributed by atoms with Gasteiger partial charge in [0.05, 0.1) is 11.3 Å². The van der Waals surface area contributed by atoms with Gasteiger partial charge in [0.15, 0.2) is 5.76 Å². The Hall–Kier alpha value is -1.82. The molecule has 0 bridgehead atoms. The van der Waals surface area contributed by atoms with E-state index in [4.69, 9.17) is 9.52 Å². The molecule has 3 nitrogen and oxygen atoms in total. The highest BCUT2D eigenvalue weighted by Crippen LogP contribution is 2.38. The third kappa shape index (κ3) is 2.24. The Morgan fingerprint density at radius 2 is 1.94 bits per heavy atom. The zero-order valence-electron chi connectivity index (χ0n) is 9.45. The lowest BCUT2D eigenvalue weighted by molar-refractivity contribution is -0.137. The molecule has 0 aliphatic carbocycles. The Labute approximate surface area is 101 Å². The third-order valence-electron chi connectivity index (χ3n) is 2.45. The number of rotatable bonds is 2. The summed E-state index contributed by atoms with van der Waals surface area (Å²) in [6.45, 7) is 1.08. The van der Waals surface area contributed by atoms with Crippen molar-refractivity contribution in [1.82, 2.24) is 4.98 Å². The highest BCUT2D eigenvalue weighted by atomic mass is 19.4. The molecule has 0 radical (unpaired) electrons. The van der Waals surface area contributed by atoms with E-state index in [2.05, 4.69) is 4.98 Å². The molecule has 0 aliphatic rings. The normalized spacial score (nSPS) is 11.8. The first-order valence-electron chi connectivity index (χ1n) is 5.17. The largest absolute Gasteiger partial charge is 0.438 e. The molecule has 0 amide bonds. The molecule has 0 atom stereocenters. The van der Waals surface area contributed by atoms with Gasteiger partial charge in [0, 0.05) is 5.56 Å². The average molecular weight is 257 g/mol. The minimum Gasteiger partial charge on any atom is -0.438 e. The number of aromatic nitrogens is 1. The standard InChI is InChI=1S/C12H10F3NO2/c1-7-11(18-10(6-17)16-7)8-4-2-3-5-9(8)12(13,14)15/h2-5,17H,6H2,1H3. The number of aliphatic hydroxyl groups is 1. The maximum Gasteiger partial charge on any atom is 0.417 e. The molecule has 0 unspecified atom stereocenters. The van der Waals surface area contributed by atoms with Crippen molar-refractivity contribution in [2.45, 2.75) is 19.7 Å². The van der Waals surface area contributed by atoms with Crippen LogP contribution in [-0.2, 0) is 12.8 Å². The van der Waals surface area contributed by atoms with Crippen LogP contribution in [0.2, 0.25) is 0 Å². The molecule has 0 saturated heterocycles. The van der Waals surface area contributed by atoms with E-state index < -0.39 is 18.3 Å². The molecule has 1 aromatic heterocycles. The Morgan fingerprint density at radius 3 is 2.50 bits per heavy atom.